The minimum atomic E-state index is -0.876. The van der Waals surface area contributed by atoms with Gasteiger partial charge in [0.2, 0.25) is 0 Å². The molecule has 164 valence electrons. The number of nitrogens with zero attached hydrogens (tertiary/aromatic N) is 6. The van der Waals surface area contributed by atoms with Gasteiger partial charge in [-0.15, -0.1) is 4.98 Å². The summed E-state index contributed by atoms with van der Waals surface area (Å²) in [5, 5.41) is 28.7. The van der Waals surface area contributed by atoms with Crippen molar-refractivity contribution in [2.24, 2.45) is 0 Å². The van der Waals surface area contributed by atoms with E-state index >= 15 is 0 Å². The molecule has 0 aliphatic carbocycles. The van der Waals surface area contributed by atoms with E-state index in [2.05, 4.69) is 20.3 Å². The highest BCUT2D eigenvalue weighted by Gasteiger charge is 2.47. The third kappa shape index (κ3) is 3.92. The van der Waals surface area contributed by atoms with E-state index in [0.29, 0.717) is 43.2 Å². The Balaban J connectivity index is 1.90. The molecule has 0 unspecified atom stereocenters. The van der Waals surface area contributed by atoms with Crippen molar-refractivity contribution in [3.8, 4) is 0 Å². The lowest BCUT2D eigenvalue weighted by atomic mass is 10.1. The van der Waals surface area contributed by atoms with Crippen LogP contribution >= 0.6 is 11.8 Å². The van der Waals surface area contributed by atoms with E-state index in [0.717, 1.165) is 0 Å². The number of carbonyl (C=O) groups excluding carboxylic acids is 1. The predicted molar refractivity (Wildman–Crippen MR) is 119 cm³/mol. The molecule has 0 radical (unpaired) electrons. The molecular formula is C19H24N7O4S+. The van der Waals surface area contributed by atoms with Crippen LogP contribution in [0.4, 0.5) is 17.5 Å². The number of nitrogens with one attached hydrogen (secondary N) is 1. The number of thioether (sulfide) groups is 1. The van der Waals surface area contributed by atoms with E-state index < -0.39 is 9.57 Å². The lowest BCUT2D eigenvalue weighted by Gasteiger charge is -2.43. The van der Waals surface area contributed by atoms with Crippen LogP contribution in [0, 0.1) is 22.2 Å². The van der Waals surface area contributed by atoms with Gasteiger partial charge in [-0.3, -0.25) is 15.1 Å². The van der Waals surface area contributed by atoms with Gasteiger partial charge < -0.3 is 15.2 Å². The Hall–Kier alpha value is -2.51. The Morgan fingerprint density at radius 3 is 2.52 bits per heavy atom. The molecule has 1 amide bonds. The Morgan fingerprint density at radius 1 is 1.19 bits per heavy atom. The number of nitro groups is 1. The average molecular weight is 447 g/mol. The minimum Gasteiger partial charge on any atom is -0.626 e. The molecule has 1 N–H and O–H groups in total. The highest BCUT2D eigenvalue weighted by atomic mass is 32.2. The number of piperazine rings is 1. The van der Waals surface area contributed by atoms with Crippen LogP contribution in [0.15, 0.2) is 24.5 Å². The summed E-state index contributed by atoms with van der Waals surface area (Å²) in [7, 11) is 0. The van der Waals surface area contributed by atoms with Gasteiger partial charge in [-0.05, 0) is 19.1 Å². The number of quaternary nitrogens is 2. The molecule has 31 heavy (non-hydrogen) atoms. The van der Waals surface area contributed by atoms with Crippen molar-refractivity contribution in [2.45, 2.75) is 6.92 Å². The standard InChI is InChI=1S/C19H24N7O4S/c1-14-16(24(28)29)17(26(30)9-11-31-12-10-26)23-19(22-14)25(7-5-20-6-8-25)18(27)15-3-2-4-21-13-15/h2-4,13,20H,5-12H2,1H3/q+1. The van der Waals surface area contributed by atoms with Gasteiger partial charge >= 0.3 is 23.4 Å². The number of hydrogen-bond acceptors (Lipinski definition) is 9. The van der Waals surface area contributed by atoms with Crippen LogP contribution in [-0.2, 0) is 0 Å². The second-order valence-electron chi connectivity index (χ2n) is 7.70. The fourth-order valence-corrected chi connectivity index (χ4v) is 5.14. The summed E-state index contributed by atoms with van der Waals surface area (Å²) in [6.45, 7) is 3.74. The van der Waals surface area contributed by atoms with Crippen molar-refractivity contribution in [3.63, 3.8) is 0 Å². The molecule has 12 heteroatoms. The largest absolute Gasteiger partial charge is 0.626 e. The molecule has 0 spiro atoms. The third-order valence-corrected chi connectivity index (χ3v) is 6.75. The van der Waals surface area contributed by atoms with Crippen molar-refractivity contribution in [1.82, 2.24) is 29.4 Å². The van der Waals surface area contributed by atoms with Gasteiger partial charge in [0.1, 0.15) is 18.8 Å². The van der Waals surface area contributed by atoms with Gasteiger partial charge in [0.25, 0.3) is 0 Å². The Labute approximate surface area is 183 Å². The van der Waals surface area contributed by atoms with Crippen molar-refractivity contribution in [3.05, 3.63) is 51.1 Å². The Morgan fingerprint density at radius 2 is 1.90 bits per heavy atom. The molecule has 0 bridgehead atoms. The zero-order chi connectivity index (χ0) is 22.1. The summed E-state index contributed by atoms with van der Waals surface area (Å²) in [4.78, 5) is 37.8. The summed E-state index contributed by atoms with van der Waals surface area (Å²) in [6, 6.07) is 3.36. The number of aromatic nitrogens is 3. The molecule has 0 saturated carbocycles. The first-order valence-corrected chi connectivity index (χ1v) is 11.3. The maximum absolute atomic E-state index is 13.6. The smallest absolute Gasteiger partial charge is 0.371 e. The maximum Gasteiger partial charge on any atom is 0.371 e. The zero-order valence-electron chi connectivity index (χ0n) is 17.2. The van der Waals surface area contributed by atoms with Crippen molar-refractivity contribution < 1.29 is 9.72 Å². The number of hydrogen-bond donors (Lipinski definition) is 1. The molecule has 11 nitrogen and oxygen atoms in total. The highest BCUT2D eigenvalue weighted by Crippen LogP contribution is 2.38. The van der Waals surface area contributed by atoms with Crippen LogP contribution in [0.3, 0.4) is 0 Å². The predicted octanol–water partition coefficient (Wildman–Crippen LogP) is 1.39. The number of amides is 1. The molecule has 2 fully saturated rings. The second kappa shape index (κ2) is 8.55. The van der Waals surface area contributed by atoms with Gasteiger partial charge in [-0.25, -0.2) is 4.79 Å². The molecule has 0 atom stereocenters. The van der Waals surface area contributed by atoms with Gasteiger partial charge in [-0.2, -0.15) is 21.2 Å². The van der Waals surface area contributed by atoms with Crippen LogP contribution in [0.1, 0.15) is 16.1 Å². The summed E-state index contributed by atoms with van der Waals surface area (Å²) >= 11 is 1.64. The summed E-state index contributed by atoms with van der Waals surface area (Å²) in [6.07, 6.45) is 3.08. The number of aryl methyl sites for hydroxylation is 1. The fraction of sp³-hybridized carbons (Fsp3) is 0.474. The quantitative estimate of drug-likeness (QED) is 0.320. The van der Waals surface area contributed by atoms with Crippen molar-refractivity contribution in [2.75, 3.05) is 50.8 Å². The van der Waals surface area contributed by atoms with E-state index in [1.54, 1.807) is 30.1 Å². The number of pyridine rings is 1. The van der Waals surface area contributed by atoms with Gasteiger partial charge in [0, 0.05) is 37.0 Å². The SMILES string of the molecule is Cc1nc([N+]2(C(=O)c3cccnc3)CCNCC2)nc([N+]2([O-])CCSCC2)c1[N+](=O)[O-]. The normalized spacial score (nSPS) is 20.2. The van der Waals surface area contributed by atoms with Crippen molar-refractivity contribution in [1.29, 1.82) is 0 Å². The molecule has 2 saturated heterocycles. The lowest BCUT2D eigenvalue weighted by molar-refractivity contribution is -0.385. The van der Waals surface area contributed by atoms with E-state index in [9.17, 15) is 20.1 Å². The monoisotopic (exact) mass is 446 g/mol. The molecule has 4 heterocycles. The third-order valence-electron chi connectivity index (χ3n) is 5.81. The zero-order valence-corrected chi connectivity index (χ0v) is 18.0. The average Bonchev–Trinajstić information content (AvgIpc) is 2.79. The number of rotatable bonds is 4. The molecule has 4 rings (SSSR count). The van der Waals surface area contributed by atoms with Crippen LogP contribution in [-0.4, -0.2) is 76.6 Å². The summed E-state index contributed by atoms with van der Waals surface area (Å²) in [5.74, 6) is 0.943. The van der Waals surface area contributed by atoms with Crippen LogP contribution in [0.2, 0.25) is 0 Å². The van der Waals surface area contributed by atoms with Crippen LogP contribution < -0.4 is 14.4 Å². The minimum absolute atomic E-state index is 0.103. The summed E-state index contributed by atoms with van der Waals surface area (Å²) in [5.41, 5.74) is 0.158. The van der Waals surface area contributed by atoms with E-state index in [4.69, 9.17) is 0 Å². The van der Waals surface area contributed by atoms with Crippen molar-refractivity contribution >= 4 is 35.1 Å². The van der Waals surface area contributed by atoms with E-state index in [1.807, 2.05) is 0 Å². The van der Waals surface area contributed by atoms with E-state index in [1.165, 1.54) is 13.1 Å². The first kappa shape index (κ1) is 21.7. The number of carbonyl (C=O) groups is 1. The number of hydroxylamine groups is 2. The lowest BCUT2D eigenvalue weighted by Crippen LogP contribution is -2.64. The molecular weight excluding hydrogens is 422 g/mol. The summed E-state index contributed by atoms with van der Waals surface area (Å²) < 4.78 is -1.09. The van der Waals surface area contributed by atoms with E-state index in [-0.39, 0.29) is 46.6 Å². The molecule has 2 aromatic heterocycles. The molecule has 2 aliphatic heterocycles. The van der Waals surface area contributed by atoms with Gasteiger partial charge in [0.05, 0.1) is 23.6 Å². The Kier molecular flexibility index (Phi) is 5.99. The van der Waals surface area contributed by atoms with Gasteiger partial charge in [0.15, 0.2) is 0 Å². The Bertz CT molecular complexity index is 992. The first-order chi connectivity index (χ1) is 14.9. The topological polar surface area (TPSA) is 134 Å². The molecule has 0 aromatic carbocycles. The highest BCUT2D eigenvalue weighted by molar-refractivity contribution is 7.99. The van der Waals surface area contributed by atoms with Crippen LogP contribution in [0.5, 0.6) is 0 Å². The van der Waals surface area contributed by atoms with Crippen LogP contribution in [0.25, 0.3) is 0 Å². The molecule has 2 aromatic rings. The van der Waals surface area contributed by atoms with Gasteiger partial charge in [-0.1, -0.05) is 0 Å². The maximum atomic E-state index is 13.6. The second-order valence-corrected chi connectivity index (χ2v) is 8.92. The first-order valence-electron chi connectivity index (χ1n) is 10.1. The molecule has 2 aliphatic rings. The fourth-order valence-electron chi connectivity index (χ4n) is 4.08.